The minimum Gasteiger partial charge on any atom is -0.496 e. The summed E-state index contributed by atoms with van der Waals surface area (Å²) in [6.45, 7) is 4.16. The van der Waals surface area contributed by atoms with Gasteiger partial charge in [0.1, 0.15) is 5.75 Å². The summed E-state index contributed by atoms with van der Waals surface area (Å²) in [4.78, 5) is 24.5. The van der Waals surface area contributed by atoms with Crippen LogP contribution in [0.5, 0.6) is 5.75 Å². The largest absolute Gasteiger partial charge is 0.496 e. The van der Waals surface area contributed by atoms with Crippen molar-refractivity contribution in [3.63, 3.8) is 0 Å². The van der Waals surface area contributed by atoms with E-state index in [0.29, 0.717) is 23.6 Å². The molecule has 1 atom stereocenters. The molecule has 0 saturated carbocycles. The first-order valence-corrected chi connectivity index (χ1v) is 9.06. The van der Waals surface area contributed by atoms with Crippen LogP contribution in [0.2, 0.25) is 0 Å². The van der Waals surface area contributed by atoms with Gasteiger partial charge in [-0.25, -0.2) is 9.59 Å². The van der Waals surface area contributed by atoms with Crippen molar-refractivity contribution in [1.82, 2.24) is 10.6 Å². The van der Waals surface area contributed by atoms with Gasteiger partial charge in [0.05, 0.1) is 29.8 Å². The number of methoxy groups -OCH3 is 1. The number of allylic oxidation sites excluding steroid dienone is 1. The van der Waals surface area contributed by atoms with Crippen LogP contribution in [0.3, 0.4) is 0 Å². The number of nitrogens with one attached hydrogen (secondary N) is 2. The van der Waals surface area contributed by atoms with E-state index in [1.54, 1.807) is 20.1 Å². The van der Waals surface area contributed by atoms with E-state index in [9.17, 15) is 9.59 Å². The number of halogens is 1. The number of hydrogen-bond acceptors (Lipinski definition) is 4. The molecule has 1 aromatic carbocycles. The van der Waals surface area contributed by atoms with Gasteiger partial charge in [0, 0.05) is 5.70 Å². The number of benzene rings is 1. The standard InChI is InChI=1S/C18H23BrN2O4/c1-4-5-6-9-25-17(22)15-11(2)20-18(23)21-16(15)12-7-8-14(24-3)13(19)10-12/h7-8,10,16H,4-6,9H2,1-3H3,(H2,20,21,23)/t16-/m0/s1. The monoisotopic (exact) mass is 410 g/mol. The molecule has 1 aliphatic heterocycles. The molecule has 0 spiro atoms. The lowest BCUT2D eigenvalue weighted by atomic mass is 9.95. The van der Waals surface area contributed by atoms with Gasteiger partial charge >= 0.3 is 12.0 Å². The lowest BCUT2D eigenvalue weighted by Crippen LogP contribution is -2.45. The fourth-order valence-electron chi connectivity index (χ4n) is 2.67. The molecule has 0 bridgehead atoms. The third-order valence-electron chi connectivity index (χ3n) is 3.98. The Hall–Kier alpha value is -2.02. The van der Waals surface area contributed by atoms with Crippen molar-refractivity contribution in [3.8, 4) is 5.75 Å². The number of unbranched alkanes of at least 4 members (excludes halogenated alkanes) is 2. The molecule has 1 aromatic rings. The first-order chi connectivity index (χ1) is 12.0. The molecule has 2 rings (SSSR count). The maximum atomic E-state index is 12.6. The van der Waals surface area contributed by atoms with Crippen molar-refractivity contribution in [2.75, 3.05) is 13.7 Å². The second-order valence-corrected chi connectivity index (χ2v) is 6.66. The highest BCUT2D eigenvalue weighted by molar-refractivity contribution is 9.10. The number of urea groups is 1. The summed E-state index contributed by atoms with van der Waals surface area (Å²) in [7, 11) is 1.58. The summed E-state index contributed by atoms with van der Waals surface area (Å²) < 4.78 is 11.4. The molecule has 25 heavy (non-hydrogen) atoms. The van der Waals surface area contributed by atoms with Crippen LogP contribution in [-0.2, 0) is 9.53 Å². The van der Waals surface area contributed by atoms with Crippen LogP contribution in [0.4, 0.5) is 4.79 Å². The van der Waals surface area contributed by atoms with Crippen molar-refractivity contribution in [1.29, 1.82) is 0 Å². The van der Waals surface area contributed by atoms with Gasteiger partial charge in [-0.15, -0.1) is 0 Å². The van der Waals surface area contributed by atoms with Gasteiger partial charge in [0.2, 0.25) is 0 Å². The Balaban J connectivity index is 2.27. The van der Waals surface area contributed by atoms with Gasteiger partial charge in [-0.2, -0.15) is 0 Å². The predicted molar refractivity (Wildman–Crippen MR) is 98.3 cm³/mol. The second-order valence-electron chi connectivity index (χ2n) is 5.81. The molecule has 2 N–H and O–H groups in total. The zero-order valence-corrected chi connectivity index (χ0v) is 16.2. The van der Waals surface area contributed by atoms with Crippen molar-refractivity contribution >= 4 is 27.9 Å². The number of hydrogen-bond donors (Lipinski definition) is 2. The number of carbonyl (C=O) groups excluding carboxylic acids is 2. The molecule has 1 heterocycles. The Morgan fingerprint density at radius 1 is 1.32 bits per heavy atom. The highest BCUT2D eigenvalue weighted by atomic mass is 79.9. The molecular formula is C18H23BrN2O4. The summed E-state index contributed by atoms with van der Waals surface area (Å²) >= 11 is 3.43. The first-order valence-electron chi connectivity index (χ1n) is 8.26. The molecule has 0 aromatic heterocycles. The Morgan fingerprint density at radius 3 is 2.72 bits per heavy atom. The van der Waals surface area contributed by atoms with Crippen LogP contribution in [0.1, 0.15) is 44.7 Å². The second kappa shape index (κ2) is 8.89. The van der Waals surface area contributed by atoms with E-state index in [0.717, 1.165) is 29.3 Å². The van der Waals surface area contributed by atoms with E-state index >= 15 is 0 Å². The average molecular weight is 411 g/mol. The minimum absolute atomic E-state index is 0.350. The van der Waals surface area contributed by atoms with Gasteiger partial charge in [-0.1, -0.05) is 25.8 Å². The Kier molecular flexibility index (Phi) is 6.87. The lowest BCUT2D eigenvalue weighted by molar-refractivity contribution is -0.139. The van der Waals surface area contributed by atoms with Gasteiger partial charge in [-0.05, 0) is 47.0 Å². The van der Waals surface area contributed by atoms with Gasteiger partial charge in [0.25, 0.3) is 0 Å². The molecule has 136 valence electrons. The average Bonchev–Trinajstić information content (AvgIpc) is 2.57. The number of carbonyl (C=O) groups is 2. The van der Waals surface area contributed by atoms with Gasteiger partial charge in [-0.3, -0.25) is 0 Å². The topological polar surface area (TPSA) is 76.7 Å². The summed E-state index contributed by atoms with van der Waals surface area (Å²) in [5.41, 5.74) is 1.68. The number of ether oxygens (including phenoxy) is 2. The fourth-order valence-corrected chi connectivity index (χ4v) is 3.23. The molecule has 2 amide bonds. The highest BCUT2D eigenvalue weighted by Gasteiger charge is 2.32. The van der Waals surface area contributed by atoms with Crippen LogP contribution in [0.25, 0.3) is 0 Å². The summed E-state index contributed by atoms with van der Waals surface area (Å²) in [5.74, 6) is 0.256. The molecule has 0 aliphatic carbocycles. The molecule has 6 nitrogen and oxygen atoms in total. The zero-order chi connectivity index (χ0) is 18.4. The SMILES string of the molecule is CCCCCOC(=O)C1=C(C)NC(=O)N[C@H]1c1ccc(OC)c(Br)c1. The lowest BCUT2D eigenvalue weighted by Gasteiger charge is -2.28. The zero-order valence-electron chi connectivity index (χ0n) is 14.6. The fraction of sp³-hybridized carbons (Fsp3) is 0.444. The minimum atomic E-state index is -0.574. The van der Waals surface area contributed by atoms with Crippen LogP contribution in [0.15, 0.2) is 33.9 Å². The Labute approximate surface area is 156 Å². The Bertz CT molecular complexity index is 688. The van der Waals surface area contributed by atoms with E-state index in [2.05, 4.69) is 33.5 Å². The van der Waals surface area contributed by atoms with E-state index in [1.807, 2.05) is 12.1 Å². The third kappa shape index (κ3) is 4.75. The summed E-state index contributed by atoms with van der Waals surface area (Å²) in [5, 5.41) is 5.43. The number of esters is 1. The molecular weight excluding hydrogens is 388 g/mol. The van der Waals surface area contributed by atoms with Gasteiger partial charge < -0.3 is 20.1 Å². The first kappa shape index (κ1) is 19.3. The maximum Gasteiger partial charge on any atom is 0.338 e. The van der Waals surface area contributed by atoms with Crippen LogP contribution >= 0.6 is 15.9 Å². The summed E-state index contributed by atoms with van der Waals surface area (Å²) in [6, 6.07) is 4.50. The highest BCUT2D eigenvalue weighted by Crippen LogP contribution is 2.33. The summed E-state index contributed by atoms with van der Waals surface area (Å²) in [6.07, 6.45) is 2.89. The molecule has 0 unspecified atom stereocenters. The molecule has 0 saturated heterocycles. The van der Waals surface area contributed by atoms with E-state index in [-0.39, 0.29) is 6.03 Å². The van der Waals surface area contributed by atoms with E-state index in [4.69, 9.17) is 9.47 Å². The van der Waals surface area contributed by atoms with E-state index in [1.165, 1.54) is 0 Å². The van der Waals surface area contributed by atoms with Crippen LogP contribution in [0, 0.1) is 0 Å². The van der Waals surface area contributed by atoms with E-state index < -0.39 is 12.0 Å². The van der Waals surface area contributed by atoms with Crippen LogP contribution < -0.4 is 15.4 Å². The van der Waals surface area contributed by atoms with Crippen LogP contribution in [-0.4, -0.2) is 25.7 Å². The maximum absolute atomic E-state index is 12.6. The predicted octanol–water partition coefficient (Wildman–Crippen LogP) is 3.82. The normalized spacial score (nSPS) is 17.0. The van der Waals surface area contributed by atoms with Crippen molar-refractivity contribution in [3.05, 3.63) is 39.5 Å². The number of amides is 2. The Morgan fingerprint density at radius 2 is 2.08 bits per heavy atom. The molecule has 0 fully saturated rings. The van der Waals surface area contributed by atoms with Gasteiger partial charge in [0.15, 0.2) is 0 Å². The van der Waals surface area contributed by atoms with Crippen molar-refractivity contribution < 1.29 is 19.1 Å². The van der Waals surface area contributed by atoms with Crippen molar-refractivity contribution in [2.24, 2.45) is 0 Å². The third-order valence-corrected chi connectivity index (χ3v) is 4.60. The molecule has 0 radical (unpaired) electrons. The number of rotatable bonds is 7. The smallest absolute Gasteiger partial charge is 0.338 e. The quantitative estimate of drug-likeness (QED) is 0.528. The van der Waals surface area contributed by atoms with Crippen molar-refractivity contribution in [2.45, 2.75) is 39.2 Å². The molecule has 7 heteroatoms. The molecule has 1 aliphatic rings.